The molecule has 4 heterocycles. The van der Waals surface area contributed by atoms with Crippen LogP contribution >= 0.6 is 0 Å². The highest BCUT2D eigenvalue weighted by molar-refractivity contribution is 6.05. The van der Waals surface area contributed by atoms with Crippen molar-refractivity contribution in [2.24, 2.45) is 0 Å². The van der Waals surface area contributed by atoms with E-state index in [1.54, 1.807) is 10.9 Å². The lowest BCUT2D eigenvalue weighted by Gasteiger charge is -2.08. The fraction of sp³-hybridized carbons (Fsp3) is 0.308. The van der Waals surface area contributed by atoms with Crippen LogP contribution in [0.2, 0.25) is 0 Å². The lowest BCUT2D eigenvalue weighted by atomic mass is 10.1. The SMILES string of the molecule is CCCCCCCn1cnc2c(c1=O)c1nc3ccccc3nc1n2-c1ccc2c(c1)OCO2. The third-order valence-corrected chi connectivity index (χ3v) is 6.35. The summed E-state index contributed by atoms with van der Waals surface area (Å²) in [5.41, 5.74) is 3.90. The monoisotopic (exact) mass is 455 g/mol. The van der Waals surface area contributed by atoms with Crippen LogP contribution in [0.25, 0.3) is 38.9 Å². The summed E-state index contributed by atoms with van der Waals surface area (Å²) in [6, 6.07) is 13.4. The zero-order valence-corrected chi connectivity index (χ0v) is 19.0. The van der Waals surface area contributed by atoms with E-state index in [0.717, 1.165) is 29.6 Å². The first kappa shape index (κ1) is 20.7. The van der Waals surface area contributed by atoms with Crippen LogP contribution in [0.5, 0.6) is 11.5 Å². The number of aryl methyl sites for hydroxylation is 1. The standard InChI is InChI=1S/C26H25N5O3/c1-2-3-4-5-8-13-30-15-27-24-22(26(30)32)23-25(29-19-10-7-6-9-18(19)28-23)31(24)17-11-12-20-21(14-17)34-16-33-20/h6-7,9-12,14-15H,2-5,8,13,16H2,1H3. The van der Waals surface area contributed by atoms with E-state index in [1.807, 2.05) is 47.0 Å². The van der Waals surface area contributed by atoms with E-state index in [9.17, 15) is 4.79 Å². The van der Waals surface area contributed by atoms with Gasteiger partial charge in [-0.3, -0.25) is 13.9 Å². The molecular weight excluding hydrogens is 430 g/mol. The second-order valence-corrected chi connectivity index (χ2v) is 8.61. The first-order valence-corrected chi connectivity index (χ1v) is 11.8. The molecule has 0 bridgehead atoms. The van der Waals surface area contributed by atoms with Gasteiger partial charge in [0.2, 0.25) is 6.79 Å². The maximum atomic E-state index is 13.6. The Hall–Kier alpha value is -3.94. The number of para-hydroxylation sites is 2. The number of rotatable bonds is 7. The predicted octanol–water partition coefficient (Wildman–Crippen LogP) is 4.98. The Kier molecular flexibility index (Phi) is 5.13. The summed E-state index contributed by atoms with van der Waals surface area (Å²) in [5.74, 6) is 1.35. The van der Waals surface area contributed by atoms with Crippen LogP contribution in [0.15, 0.2) is 53.6 Å². The van der Waals surface area contributed by atoms with Crippen molar-refractivity contribution in [2.75, 3.05) is 6.79 Å². The molecule has 8 heteroatoms. The normalized spacial score (nSPS) is 12.9. The van der Waals surface area contributed by atoms with E-state index in [-0.39, 0.29) is 12.4 Å². The molecule has 0 atom stereocenters. The first-order chi connectivity index (χ1) is 16.7. The molecule has 0 radical (unpaired) electrons. The van der Waals surface area contributed by atoms with Crippen molar-refractivity contribution in [2.45, 2.75) is 45.6 Å². The summed E-state index contributed by atoms with van der Waals surface area (Å²) in [6.45, 7) is 3.03. The van der Waals surface area contributed by atoms with Crippen molar-refractivity contribution in [1.29, 1.82) is 0 Å². The van der Waals surface area contributed by atoms with Gasteiger partial charge in [-0.2, -0.15) is 0 Å². The van der Waals surface area contributed by atoms with Gasteiger partial charge in [0, 0.05) is 12.6 Å². The summed E-state index contributed by atoms with van der Waals surface area (Å²) in [5, 5.41) is 0.488. The minimum Gasteiger partial charge on any atom is -0.454 e. The third-order valence-electron chi connectivity index (χ3n) is 6.35. The summed E-state index contributed by atoms with van der Waals surface area (Å²) < 4.78 is 14.7. The van der Waals surface area contributed by atoms with Crippen LogP contribution in [0.3, 0.4) is 0 Å². The van der Waals surface area contributed by atoms with Gasteiger partial charge >= 0.3 is 0 Å². The molecule has 0 saturated heterocycles. The topological polar surface area (TPSA) is 84.1 Å². The van der Waals surface area contributed by atoms with E-state index < -0.39 is 0 Å². The second-order valence-electron chi connectivity index (χ2n) is 8.61. The molecule has 5 aromatic rings. The van der Waals surface area contributed by atoms with Gasteiger partial charge in [0.25, 0.3) is 5.56 Å². The van der Waals surface area contributed by atoms with Crippen LogP contribution < -0.4 is 15.0 Å². The van der Waals surface area contributed by atoms with Gasteiger partial charge in [-0.05, 0) is 30.7 Å². The number of nitrogens with zero attached hydrogens (tertiary/aromatic N) is 5. The molecule has 6 rings (SSSR count). The van der Waals surface area contributed by atoms with E-state index in [0.29, 0.717) is 40.2 Å². The molecule has 1 aliphatic heterocycles. The molecule has 34 heavy (non-hydrogen) atoms. The number of aromatic nitrogens is 5. The first-order valence-electron chi connectivity index (χ1n) is 11.8. The Morgan fingerprint density at radius 3 is 2.56 bits per heavy atom. The van der Waals surface area contributed by atoms with Gasteiger partial charge in [0.05, 0.1) is 23.0 Å². The molecule has 0 saturated carbocycles. The quantitative estimate of drug-likeness (QED) is 0.322. The fourth-order valence-corrected chi connectivity index (χ4v) is 4.59. The Morgan fingerprint density at radius 1 is 0.912 bits per heavy atom. The summed E-state index contributed by atoms with van der Waals surface area (Å²) in [4.78, 5) is 28.1. The largest absolute Gasteiger partial charge is 0.454 e. The summed E-state index contributed by atoms with van der Waals surface area (Å²) in [6.07, 6.45) is 7.29. The molecule has 2 aromatic carbocycles. The van der Waals surface area contributed by atoms with E-state index in [2.05, 4.69) is 6.92 Å². The molecule has 0 aliphatic carbocycles. The molecule has 0 N–H and O–H groups in total. The maximum Gasteiger partial charge on any atom is 0.265 e. The highest BCUT2D eigenvalue weighted by Gasteiger charge is 2.22. The number of ether oxygens (including phenoxy) is 2. The molecule has 172 valence electrons. The molecule has 1 aliphatic rings. The molecule has 8 nitrogen and oxygen atoms in total. The Bertz CT molecular complexity index is 1590. The van der Waals surface area contributed by atoms with Crippen LogP contribution in [-0.4, -0.2) is 30.9 Å². The lowest BCUT2D eigenvalue weighted by molar-refractivity contribution is 0.174. The van der Waals surface area contributed by atoms with Gasteiger partial charge < -0.3 is 9.47 Å². The van der Waals surface area contributed by atoms with Gasteiger partial charge in [-0.25, -0.2) is 15.0 Å². The minimum absolute atomic E-state index is 0.0884. The molecule has 0 spiro atoms. The van der Waals surface area contributed by atoms with Crippen molar-refractivity contribution in [1.82, 2.24) is 24.1 Å². The van der Waals surface area contributed by atoms with Gasteiger partial charge in [-0.15, -0.1) is 0 Å². The van der Waals surface area contributed by atoms with Crippen LogP contribution in [0.1, 0.15) is 39.0 Å². The molecule has 0 fully saturated rings. The fourth-order valence-electron chi connectivity index (χ4n) is 4.59. The third kappa shape index (κ3) is 3.37. The Labute approximate surface area is 195 Å². The van der Waals surface area contributed by atoms with Crippen molar-refractivity contribution < 1.29 is 9.47 Å². The number of benzene rings is 2. The lowest BCUT2D eigenvalue weighted by Crippen LogP contribution is -2.20. The van der Waals surface area contributed by atoms with E-state index in [4.69, 9.17) is 24.4 Å². The maximum absolute atomic E-state index is 13.6. The van der Waals surface area contributed by atoms with Crippen molar-refractivity contribution in [3.63, 3.8) is 0 Å². The van der Waals surface area contributed by atoms with Gasteiger partial charge in [-0.1, -0.05) is 44.7 Å². The number of hydrogen-bond donors (Lipinski definition) is 0. The highest BCUT2D eigenvalue weighted by Crippen LogP contribution is 2.36. The van der Waals surface area contributed by atoms with Gasteiger partial charge in [0.15, 0.2) is 22.8 Å². The minimum atomic E-state index is -0.0884. The Morgan fingerprint density at radius 2 is 1.71 bits per heavy atom. The second kappa shape index (κ2) is 8.44. The summed E-state index contributed by atoms with van der Waals surface area (Å²) >= 11 is 0. The van der Waals surface area contributed by atoms with Crippen molar-refractivity contribution in [3.05, 3.63) is 59.1 Å². The van der Waals surface area contributed by atoms with Gasteiger partial charge in [0.1, 0.15) is 10.9 Å². The highest BCUT2D eigenvalue weighted by atomic mass is 16.7. The number of fused-ring (bicyclic) bond motifs is 5. The Balaban J connectivity index is 1.56. The molecular formula is C26H25N5O3. The van der Waals surface area contributed by atoms with Crippen molar-refractivity contribution >= 4 is 33.2 Å². The van der Waals surface area contributed by atoms with Crippen molar-refractivity contribution in [3.8, 4) is 17.2 Å². The van der Waals surface area contributed by atoms with E-state index in [1.165, 1.54) is 19.3 Å². The van der Waals surface area contributed by atoms with Crippen LogP contribution in [0, 0.1) is 0 Å². The zero-order valence-electron chi connectivity index (χ0n) is 19.0. The number of hydrogen-bond acceptors (Lipinski definition) is 6. The number of unbranched alkanes of at least 4 members (excludes halogenated alkanes) is 4. The molecule has 3 aromatic heterocycles. The molecule has 0 unspecified atom stereocenters. The van der Waals surface area contributed by atoms with Crippen LogP contribution in [0.4, 0.5) is 0 Å². The van der Waals surface area contributed by atoms with Crippen LogP contribution in [-0.2, 0) is 6.54 Å². The zero-order chi connectivity index (χ0) is 23.1. The summed E-state index contributed by atoms with van der Waals surface area (Å²) in [7, 11) is 0. The smallest absolute Gasteiger partial charge is 0.265 e. The average molecular weight is 456 g/mol. The van der Waals surface area contributed by atoms with E-state index >= 15 is 0 Å². The molecule has 0 amide bonds. The predicted molar refractivity (Wildman–Crippen MR) is 131 cm³/mol. The average Bonchev–Trinajstić information content (AvgIpc) is 3.45.